The van der Waals surface area contributed by atoms with Crippen molar-refractivity contribution in [3.05, 3.63) is 63.7 Å². The van der Waals surface area contributed by atoms with Crippen molar-refractivity contribution in [2.45, 2.75) is 20.3 Å². The summed E-state index contributed by atoms with van der Waals surface area (Å²) < 4.78 is 28.2. The van der Waals surface area contributed by atoms with E-state index in [1.165, 1.54) is 12.1 Å². The van der Waals surface area contributed by atoms with Crippen LogP contribution in [0.1, 0.15) is 23.6 Å². The first-order chi connectivity index (χ1) is 10.9. The van der Waals surface area contributed by atoms with E-state index in [0.29, 0.717) is 11.1 Å². The van der Waals surface area contributed by atoms with E-state index in [1.54, 1.807) is 24.5 Å². The lowest BCUT2D eigenvalue weighted by atomic mass is 9.99. The monoisotopic (exact) mass is 336 g/mol. The second-order valence-electron chi connectivity index (χ2n) is 5.44. The third-order valence-electron chi connectivity index (χ3n) is 3.71. The molecule has 0 atom stereocenters. The van der Waals surface area contributed by atoms with Crippen LogP contribution >= 0.6 is 11.6 Å². The Hall–Kier alpha value is -1.94. The van der Waals surface area contributed by atoms with Gasteiger partial charge in [0.2, 0.25) is 0 Å². The molecule has 0 radical (unpaired) electrons. The van der Waals surface area contributed by atoms with Crippen LogP contribution in [-0.4, -0.2) is 24.8 Å². The van der Waals surface area contributed by atoms with Gasteiger partial charge in [0.05, 0.1) is 11.4 Å². The van der Waals surface area contributed by atoms with Crippen LogP contribution in [0.15, 0.2) is 35.3 Å². The third kappa shape index (κ3) is 4.29. The number of aliphatic imine (C=N–C) groups is 1. The standard InChI is InChI=1S/C18H19ClF2N2/c1-4-23(3)11-22-17-8-12(2)14(10-16(17)20)9-13-6-5-7-15(19)18(13)21/h5-8,10-11H,4,9H2,1-3H3/b22-11-. The highest BCUT2D eigenvalue weighted by molar-refractivity contribution is 6.30. The summed E-state index contributed by atoms with van der Waals surface area (Å²) in [4.78, 5) is 6.00. The minimum atomic E-state index is -0.458. The van der Waals surface area contributed by atoms with Crippen LogP contribution < -0.4 is 0 Å². The zero-order chi connectivity index (χ0) is 17.0. The maximum absolute atomic E-state index is 14.2. The summed E-state index contributed by atoms with van der Waals surface area (Å²) in [5.41, 5.74) is 2.30. The summed E-state index contributed by atoms with van der Waals surface area (Å²) in [5, 5.41) is 0.0736. The molecule has 2 nitrogen and oxygen atoms in total. The molecular formula is C18H19ClF2N2. The Kier molecular flexibility index (Phi) is 5.72. The van der Waals surface area contributed by atoms with Crippen molar-refractivity contribution in [2.24, 2.45) is 4.99 Å². The van der Waals surface area contributed by atoms with Crippen LogP contribution in [0.25, 0.3) is 0 Å². The molecule has 0 aliphatic carbocycles. The van der Waals surface area contributed by atoms with E-state index in [2.05, 4.69) is 4.99 Å². The summed E-state index contributed by atoms with van der Waals surface area (Å²) in [6.07, 6.45) is 1.88. The Morgan fingerprint density at radius 2 is 1.96 bits per heavy atom. The normalized spacial score (nSPS) is 11.2. The van der Waals surface area contributed by atoms with Gasteiger partial charge in [-0.05, 0) is 48.7 Å². The van der Waals surface area contributed by atoms with Crippen LogP contribution in [0.4, 0.5) is 14.5 Å². The molecule has 2 aromatic rings. The number of hydrogen-bond acceptors (Lipinski definition) is 1. The Balaban J connectivity index is 2.30. The summed E-state index contributed by atoms with van der Waals surface area (Å²) in [6, 6.07) is 7.92. The van der Waals surface area contributed by atoms with Gasteiger partial charge in [0, 0.05) is 20.0 Å². The fourth-order valence-corrected chi connectivity index (χ4v) is 2.32. The van der Waals surface area contributed by atoms with Crippen molar-refractivity contribution < 1.29 is 8.78 Å². The van der Waals surface area contributed by atoms with E-state index in [4.69, 9.17) is 11.6 Å². The SMILES string of the molecule is CCN(C)/C=N\c1cc(C)c(Cc2cccc(Cl)c2F)cc1F. The summed E-state index contributed by atoms with van der Waals surface area (Å²) >= 11 is 5.79. The average molecular weight is 337 g/mol. The van der Waals surface area contributed by atoms with Crippen molar-refractivity contribution in [1.29, 1.82) is 0 Å². The molecule has 0 heterocycles. The Morgan fingerprint density at radius 1 is 1.22 bits per heavy atom. The minimum absolute atomic E-state index is 0.0736. The van der Waals surface area contributed by atoms with Gasteiger partial charge >= 0.3 is 0 Å². The molecule has 0 bridgehead atoms. The first kappa shape index (κ1) is 17.4. The van der Waals surface area contributed by atoms with E-state index in [9.17, 15) is 8.78 Å². The molecule has 0 amide bonds. The number of hydrogen-bond donors (Lipinski definition) is 0. The molecule has 0 aliphatic rings. The van der Waals surface area contributed by atoms with E-state index in [-0.39, 0.29) is 17.1 Å². The summed E-state index contributed by atoms with van der Waals surface area (Å²) in [5.74, 6) is -0.880. The van der Waals surface area contributed by atoms with Gasteiger partial charge in [0.25, 0.3) is 0 Å². The zero-order valence-corrected chi connectivity index (χ0v) is 14.2. The van der Waals surface area contributed by atoms with Crippen molar-refractivity contribution in [2.75, 3.05) is 13.6 Å². The third-order valence-corrected chi connectivity index (χ3v) is 4.00. The quantitative estimate of drug-likeness (QED) is 0.546. The van der Waals surface area contributed by atoms with Crippen molar-refractivity contribution in [3.8, 4) is 0 Å². The van der Waals surface area contributed by atoms with E-state index in [1.807, 2.05) is 25.8 Å². The van der Waals surface area contributed by atoms with Gasteiger partial charge < -0.3 is 4.90 Å². The lowest BCUT2D eigenvalue weighted by Gasteiger charge is -2.11. The van der Waals surface area contributed by atoms with E-state index < -0.39 is 11.6 Å². The fraction of sp³-hybridized carbons (Fsp3) is 0.278. The van der Waals surface area contributed by atoms with Gasteiger partial charge in [-0.3, -0.25) is 0 Å². The zero-order valence-electron chi connectivity index (χ0n) is 13.4. The molecule has 0 N–H and O–H groups in total. The summed E-state index contributed by atoms with van der Waals surface area (Å²) in [6.45, 7) is 4.63. The number of rotatable bonds is 5. The van der Waals surface area contributed by atoms with Crippen molar-refractivity contribution >= 4 is 23.6 Å². The number of benzene rings is 2. The highest BCUT2D eigenvalue weighted by Gasteiger charge is 2.11. The second-order valence-corrected chi connectivity index (χ2v) is 5.84. The average Bonchev–Trinajstić information content (AvgIpc) is 2.53. The Labute approximate surface area is 140 Å². The minimum Gasteiger partial charge on any atom is -0.366 e. The molecule has 23 heavy (non-hydrogen) atoms. The smallest absolute Gasteiger partial charge is 0.149 e. The Bertz CT molecular complexity index is 729. The fourth-order valence-electron chi connectivity index (χ4n) is 2.13. The van der Waals surface area contributed by atoms with Crippen molar-refractivity contribution in [3.63, 3.8) is 0 Å². The molecule has 0 fully saturated rings. The number of aryl methyl sites for hydroxylation is 1. The van der Waals surface area contributed by atoms with Crippen LogP contribution in [0.5, 0.6) is 0 Å². The molecule has 0 spiro atoms. The van der Waals surface area contributed by atoms with Crippen LogP contribution in [0.2, 0.25) is 5.02 Å². The largest absolute Gasteiger partial charge is 0.366 e. The van der Waals surface area contributed by atoms with E-state index >= 15 is 0 Å². The molecule has 0 aromatic heterocycles. The van der Waals surface area contributed by atoms with Crippen LogP contribution in [0, 0.1) is 18.6 Å². The maximum Gasteiger partial charge on any atom is 0.149 e. The Morgan fingerprint density at radius 3 is 2.65 bits per heavy atom. The molecule has 2 rings (SSSR count). The van der Waals surface area contributed by atoms with Gasteiger partial charge in [-0.2, -0.15) is 0 Å². The van der Waals surface area contributed by atoms with Gasteiger partial charge in [-0.15, -0.1) is 0 Å². The first-order valence-corrected chi connectivity index (χ1v) is 7.76. The molecule has 0 unspecified atom stereocenters. The molecule has 0 saturated heterocycles. The van der Waals surface area contributed by atoms with Crippen molar-refractivity contribution in [1.82, 2.24) is 4.90 Å². The molecule has 0 saturated carbocycles. The molecular weight excluding hydrogens is 318 g/mol. The van der Waals surface area contributed by atoms with Gasteiger partial charge in [0.1, 0.15) is 17.3 Å². The predicted molar refractivity (Wildman–Crippen MR) is 91.8 cm³/mol. The number of nitrogens with zero attached hydrogens (tertiary/aromatic N) is 2. The maximum atomic E-state index is 14.2. The highest BCUT2D eigenvalue weighted by Crippen LogP contribution is 2.26. The lowest BCUT2D eigenvalue weighted by molar-refractivity contribution is 0.551. The van der Waals surface area contributed by atoms with Gasteiger partial charge in [-0.25, -0.2) is 13.8 Å². The lowest BCUT2D eigenvalue weighted by Crippen LogP contribution is -2.14. The highest BCUT2D eigenvalue weighted by atomic mass is 35.5. The number of halogens is 3. The van der Waals surface area contributed by atoms with Gasteiger partial charge in [-0.1, -0.05) is 23.7 Å². The molecule has 0 aliphatic heterocycles. The predicted octanol–water partition coefficient (Wildman–Crippen LogP) is 5.13. The first-order valence-electron chi connectivity index (χ1n) is 7.38. The molecule has 2 aromatic carbocycles. The second kappa shape index (κ2) is 7.55. The van der Waals surface area contributed by atoms with Crippen LogP contribution in [0.3, 0.4) is 0 Å². The topological polar surface area (TPSA) is 15.6 Å². The van der Waals surface area contributed by atoms with Gasteiger partial charge in [0.15, 0.2) is 0 Å². The molecule has 122 valence electrons. The summed E-state index contributed by atoms with van der Waals surface area (Å²) in [7, 11) is 1.87. The van der Waals surface area contributed by atoms with E-state index in [0.717, 1.165) is 12.1 Å². The van der Waals surface area contributed by atoms with Crippen LogP contribution in [-0.2, 0) is 6.42 Å². The molecule has 5 heteroatoms.